The average Bonchev–Trinajstić information content (AvgIpc) is 2.96. The first-order chi connectivity index (χ1) is 11.1. The van der Waals surface area contributed by atoms with Crippen LogP contribution in [0.3, 0.4) is 0 Å². The topological polar surface area (TPSA) is 36.1 Å². The van der Waals surface area contributed by atoms with Gasteiger partial charge in [0, 0.05) is 27.7 Å². The Balaban J connectivity index is 1.82. The van der Waals surface area contributed by atoms with Crippen LogP contribution in [-0.4, -0.2) is 16.3 Å². The lowest BCUT2D eigenvalue weighted by Crippen LogP contribution is -2.56. The summed E-state index contributed by atoms with van der Waals surface area (Å²) in [5, 5.41) is 2.02. The van der Waals surface area contributed by atoms with Crippen molar-refractivity contribution in [1.29, 1.82) is 0 Å². The van der Waals surface area contributed by atoms with Crippen molar-refractivity contribution < 1.29 is 4.79 Å². The smallest absolute Gasteiger partial charge is 0.197 e. The van der Waals surface area contributed by atoms with E-state index in [1.165, 1.54) is 0 Å². The van der Waals surface area contributed by atoms with Gasteiger partial charge in [0.1, 0.15) is 6.04 Å². The zero-order valence-electron chi connectivity index (χ0n) is 11.8. The van der Waals surface area contributed by atoms with Crippen LogP contribution in [-0.2, 0) is 4.79 Å². The molecule has 1 aliphatic heterocycles. The molecular formula is C17H11Cl3N2O. The van der Waals surface area contributed by atoms with Crippen molar-refractivity contribution in [3.8, 4) is 0 Å². The molecule has 0 bridgehead atoms. The highest BCUT2D eigenvalue weighted by Crippen LogP contribution is 2.46. The van der Waals surface area contributed by atoms with Gasteiger partial charge in [-0.3, -0.25) is 4.79 Å². The molecule has 2 heterocycles. The average molecular weight is 366 g/mol. The van der Waals surface area contributed by atoms with Gasteiger partial charge in [0.15, 0.2) is 11.3 Å². The SMILES string of the molecule is O=C1[C@@H](Cl)N(c2ccc(Cl)cc2Cl)[C@H]1c1c[nH]c2ccccc12. The fourth-order valence-corrected chi connectivity index (χ4v) is 3.87. The van der Waals surface area contributed by atoms with Gasteiger partial charge in [-0.15, -0.1) is 0 Å². The summed E-state index contributed by atoms with van der Waals surface area (Å²) in [5.74, 6) is -0.0394. The van der Waals surface area contributed by atoms with E-state index in [0.29, 0.717) is 15.7 Å². The van der Waals surface area contributed by atoms with E-state index in [-0.39, 0.29) is 5.78 Å². The molecule has 1 aliphatic rings. The number of anilines is 1. The number of hydrogen-bond donors (Lipinski definition) is 1. The van der Waals surface area contributed by atoms with Crippen molar-refractivity contribution in [2.75, 3.05) is 4.90 Å². The third kappa shape index (κ3) is 2.23. The minimum absolute atomic E-state index is 0.0394. The van der Waals surface area contributed by atoms with Crippen molar-refractivity contribution in [3.05, 3.63) is 64.3 Å². The number of carbonyl (C=O) groups excluding carboxylic acids is 1. The number of nitrogens with zero attached hydrogens (tertiary/aromatic N) is 1. The highest BCUT2D eigenvalue weighted by molar-refractivity contribution is 6.40. The Morgan fingerprint density at radius 1 is 1.09 bits per heavy atom. The van der Waals surface area contributed by atoms with Crippen LogP contribution in [0.15, 0.2) is 48.7 Å². The van der Waals surface area contributed by atoms with Gasteiger partial charge < -0.3 is 9.88 Å². The normalized spacial score (nSPS) is 20.8. The lowest BCUT2D eigenvalue weighted by atomic mass is 9.91. The van der Waals surface area contributed by atoms with Gasteiger partial charge in [-0.25, -0.2) is 0 Å². The zero-order chi connectivity index (χ0) is 16.1. The number of alkyl halides is 1. The number of hydrogen-bond acceptors (Lipinski definition) is 2. The molecule has 0 spiro atoms. The lowest BCUT2D eigenvalue weighted by Gasteiger charge is -2.45. The predicted molar refractivity (Wildman–Crippen MR) is 94.6 cm³/mol. The maximum Gasteiger partial charge on any atom is 0.197 e. The number of aromatic nitrogens is 1. The summed E-state index contributed by atoms with van der Waals surface area (Å²) in [4.78, 5) is 17.4. The number of fused-ring (bicyclic) bond motifs is 1. The van der Waals surface area contributed by atoms with Gasteiger partial charge >= 0.3 is 0 Å². The van der Waals surface area contributed by atoms with Crippen LogP contribution >= 0.6 is 34.8 Å². The fourth-order valence-electron chi connectivity index (χ4n) is 3.03. The molecule has 0 saturated carbocycles. The Morgan fingerprint density at radius 2 is 1.87 bits per heavy atom. The van der Waals surface area contributed by atoms with E-state index in [1.54, 1.807) is 18.2 Å². The summed E-state index contributed by atoms with van der Waals surface area (Å²) in [6.07, 6.45) is 1.85. The van der Waals surface area contributed by atoms with Gasteiger partial charge in [0.2, 0.25) is 0 Å². The van der Waals surface area contributed by atoms with E-state index in [2.05, 4.69) is 4.98 Å². The Bertz CT molecular complexity index is 921. The molecule has 4 rings (SSSR count). The maximum atomic E-state index is 12.4. The van der Waals surface area contributed by atoms with Crippen LogP contribution in [0.25, 0.3) is 10.9 Å². The highest BCUT2D eigenvalue weighted by atomic mass is 35.5. The molecule has 1 fully saturated rings. The summed E-state index contributed by atoms with van der Waals surface area (Å²) in [6, 6.07) is 12.6. The first kappa shape index (κ1) is 14.9. The number of ketones is 1. The Morgan fingerprint density at radius 3 is 2.65 bits per heavy atom. The van der Waals surface area contributed by atoms with Gasteiger partial charge in [-0.2, -0.15) is 0 Å². The van der Waals surface area contributed by atoms with Gasteiger partial charge in [0.05, 0.1) is 10.7 Å². The standard InChI is InChI=1S/C17H11Cl3N2O/c18-9-5-6-14(12(19)7-9)22-15(16(23)17(22)20)11-8-21-13-4-2-1-3-10(11)13/h1-8,15,17,21H/t15-,17-/m0/s1. The number of carbonyl (C=O) groups is 1. The summed E-state index contributed by atoms with van der Waals surface area (Å²) in [5.41, 5.74) is 1.85. The number of Topliss-reactive ketones (excluding diaryl/α,β-unsaturated/α-hetero) is 1. The zero-order valence-corrected chi connectivity index (χ0v) is 14.0. The number of aromatic amines is 1. The minimum atomic E-state index is -0.729. The van der Waals surface area contributed by atoms with Crippen molar-refractivity contribution in [2.45, 2.75) is 11.5 Å². The monoisotopic (exact) mass is 364 g/mol. The molecule has 2 atom stereocenters. The molecule has 0 aliphatic carbocycles. The Labute approximate surface area is 147 Å². The fraction of sp³-hybridized carbons (Fsp3) is 0.118. The molecule has 1 saturated heterocycles. The number of rotatable bonds is 2. The van der Waals surface area contributed by atoms with Gasteiger partial charge in [-0.05, 0) is 24.3 Å². The molecule has 1 N–H and O–H groups in total. The van der Waals surface area contributed by atoms with Crippen molar-refractivity contribution in [3.63, 3.8) is 0 Å². The van der Waals surface area contributed by atoms with E-state index in [1.807, 2.05) is 35.4 Å². The molecule has 116 valence electrons. The molecule has 0 unspecified atom stereocenters. The largest absolute Gasteiger partial charge is 0.361 e. The van der Waals surface area contributed by atoms with E-state index in [0.717, 1.165) is 16.5 Å². The Kier molecular flexibility index (Phi) is 3.52. The molecule has 0 radical (unpaired) electrons. The van der Waals surface area contributed by atoms with E-state index in [4.69, 9.17) is 34.8 Å². The number of halogens is 3. The second-order valence-electron chi connectivity index (χ2n) is 5.43. The summed E-state index contributed by atoms with van der Waals surface area (Å²) >= 11 is 18.5. The molecular weight excluding hydrogens is 355 g/mol. The van der Waals surface area contributed by atoms with Crippen molar-refractivity contribution in [2.24, 2.45) is 0 Å². The molecule has 3 nitrogen and oxygen atoms in total. The maximum absolute atomic E-state index is 12.4. The van der Waals surface area contributed by atoms with Crippen LogP contribution in [0, 0.1) is 0 Å². The number of nitrogens with one attached hydrogen (secondary N) is 1. The minimum Gasteiger partial charge on any atom is -0.361 e. The van der Waals surface area contributed by atoms with Crippen molar-refractivity contribution >= 4 is 57.2 Å². The van der Waals surface area contributed by atoms with E-state index in [9.17, 15) is 4.79 Å². The summed E-state index contributed by atoms with van der Waals surface area (Å²) in [7, 11) is 0. The van der Waals surface area contributed by atoms with Crippen LogP contribution in [0.1, 0.15) is 11.6 Å². The highest BCUT2D eigenvalue weighted by Gasteiger charge is 2.48. The molecule has 0 amide bonds. The molecule has 2 aromatic carbocycles. The van der Waals surface area contributed by atoms with Crippen LogP contribution in [0.4, 0.5) is 5.69 Å². The van der Waals surface area contributed by atoms with Crippen molar-refractivity contribution in [1.82, 2.24) is 4.98 Å². The number of para-hydroxylation sites is 1. The van der Waals surface area contributed by atoms with Gasteiger partial charge in [-0.1, -0.05) is 53.0 Å². The van der Waals surface area contributed by atoms with Crippen LogP contribution in [0.5, 0.6) is 0 Å². The van der Waals surface area contributed by atoms with Gasteiger partial charge in [0.25, 0.3) is 0 Å². The quantitative estimate of drug-likeness (QED) is 0.502. The summed E-state index contributed by atoms with van der Waals surface area (Å²) < 4.78 is 0. The second kappa shape index (κ2) is 5.45. The molecule has 3 aromatic rings. The van der Waals surface area contributed by atoms with Crippen LogP contribution in [0.2, 0.25) is 10.0 Å². The molecule has 1 aromatic heterocycles. The number of benzene rings is 2. The predicted octanol–water partition coefficient (Wildman–Crippen LogP) is 5.17. The third-order valence-corrected chi connectivity index (χ3v) is 5.09. The lowest BCUT2D eigenvalue weighted by molar-refractivity contribution is -0.124. The van der Waals surface area contributed by atoms with E-state index >= 15 is 0 Å². The Hall–Kier alpha value is -1.68. The van der Waals surface area contributed by atoms with Crippen LogP contribution < -0.4 is 4.90 Å². The second-order valence-corrected chi connectivity index (χ2v) is 6.69. The summed E-state index contributed by atoms with van der Waals surface area (Å²) in [6.45, 7) is 0. The first-order valence-electron chi connectivity index (χ1n) is 7.05. The first-order valence-corrected chi connectivity index (χ1v) is 8.24. The number of H-pyrrole nitrogens is 1. The van der Waals surface area contributed by atoms with E-state index < -0.39 is 11.5 Å². The molecule has 23 heavy (non-hydrogen) atoms. The molecule has 6 heteroatoms. The third-order valence-electron chi connectivity index (χ3n) is 4.13.